The van der Waals surface area contributed by atoms with Gasteiger partial charge in [-0.15, -0.1) is 11.8 Å². The van der Waals surface area contributed by atoms with Crippen LogP contribution >= 0.6 is 11.8 Å². The molecule has 0 aliphatic carbocycles. The first-order chi connectivity index (χ1) is 7.97. The van der Waals surface area contributed by atoms with Gasteiger partial charge in [-0.2, -0.15) is 4.31 Å². The zero-order valence-corrected chi connectivity index (χ0v) is 10.5. The topological polar surface area (TPSA) is 37.4 Å². The summed E-state index contributed by atoms with van der Waals surface area (Å²) >= 11 is 1.52. The highest BCUT2D eigenvalue weighted by Gasteiger charge is 2.26. The summed E-state index contributed by atoms with van der Waals surface area (Å²) in [7, 11) is -3.47. The molecule has 0 radical (unpaired) electrons. The molecule has 0 spiro atoms. The number of halogens is 2. The molecule has 2 rings (SSSR count). The van der Waals surface area contributed by atoms with E-state index in [1.165, 1.54) is 16.1 Å². The predicted octanol–water partition coefficient (Wildman–Crippen LogP) is 1.80. The lowest BCUT2D eigenvalue weighted by molar-refractivity contribution is 0.488. The second-order valence-electron chi connectivity index (χ2n) is 3.75. The van der Waals surface area contributed by atoms with Crippen LogP contribution in [0.1, 0.15) is 5.56 Å². The molecule has 94 valence electrons. The highest BCUT2D eigenvalue weighted by Crippen LogP contribution is 2.20. The van der Waals surface area contributed by atoms with E-state index in [9.17, 15) is 17.2 Å². The highest BCUT2D eigenvalue weighted by atomic mass is 32.2. The lowest BCUT2D eigenvalue weighted by atomic mass is 10.2. The van der Waals surface area contributed by atoms with E-state index in [2.05, 4.69) is 0 Å². The van der Waals surface area contributed by atoms with Crippen LogP contribution in [0.4, 0.5) is 8.78 Å². The fourth-order valence-electron chi connectivity index (χ4n) is 1.61. The van der Waals surface area contributed by atoms with E-state index in [4.69, 9.17) is 0 Å². The maximum atomic E-state index is 12.9. The smallest absolute Gasteiger partial charge is 0.212 e. The van der Waals surface area contributed by atoms with Crippen LogP contribution in [0.3, 0.4) is 0 Å². The average molecular weight is 279 g/mol. The first kappa shape index (κ1) is 12.8. The number of rotatable bonds is 3. The molecule has 1 fully saturated rings. The molecule has 0 atom stereocenters. The molecule has 1 aromatic carbocycles. The van der Waals surface area contributed by atoms with Gasteiger partial charge in [0, 0.05) is 18.4 Å². The molecule has 0 amide bonds. The van der Waals surface area contributed by atoms with Gasteiger partial charge in [0.05, 0.1) is 11.6 Å². The van der Waals surface area contributed by atoms with Gasteiger partial charge in [0.25, 0.3) is 0 Å². The fraction of sp³-hybridized carbons (Fsp3) is 0.400. The monoisotopic (exact) mass is 279 g/mol. The maximum Gasteiger partial charge on any atom is 0.219 e. The number of benzene rings is 1. The third-order valence-electron chi connectivity index (χ3n) is 2.39. The number of thioether (sulfide) groups is 1. The van der Waals surface area contributed by atoms with Crippen molar-refractivity contribution in [3.05, 3.63) is 35.4 Å². The Hall–Kier alpha value is -0.660. The van der Waals surface area contributed by atoms with E-state index in [0.717, 1.165) is 24.0 Å². The van der Waals surface area contributed by atoms with Crippen molar-refractivity contribution in [2.75, 3.05) is 18.2 Å². The van der Waals surface area contributed by atoms with Crippen molar-refractivity contribution in [2.45, 2.75) is 5.75 Å². The van der Waals surface area contributed by atoms with E-state index in [1.807, 2.05) is 0 Å². The van der Waals surface area contributed by atoms with E-state index in [0.29, 0.717) is 12.4 Å². The molecule has 0 saturated carbocycles. The molecule has 1 aliphatic rings. The van der Waals surface area contributed by atoms with E-state index < -0.39 is 21.7 Å². The number of nitrogens with zero attached hydrogens (tertiary/aromatic N) is 1. The standard InChI is InChI=1S/C10H11F2NO2S2/c11-9-3-8(4-10(12)5-9)6-17(14,15)13-1-2-16-7-13/h3-5H,1-2,6-7H2. The van der Waals surface area contributed by atoms with Crippen molar-refractivity contribution < 1.29 is 17.2 Å². The van der Waals surface area contributed by atoms with Crippen LogP contribution < -0.4 is 0 Å². The van der Waals surface area contributed by atoms with Crippen LogP contribution in [0.5, 0.6) is 0 Å². The zero-order valence-electron chi connectivity index (χ0n) is 8.90. The Morgan fingerprint density at radius 1 is 1.24 bits per heavy atom. The van der Waals surface area contributed by atoms with Crippen molar-refractivity contribution in [1.82, 2.24) is 4.31 Å². The Balaban J connectivity index is 2.19. The summed E-state index contributed by atoms with van der Waals surface area (Å²) in [5.41, 5.74) is 0.138. The van der Waals surface area contributed by atoms with Crippen LogP contribution in [0.2, 0.25) is 0 Å². The SMILES string of the molecule is O=S(=O)(Cc1cc(F)cc(F)c1)N1CCSC1. The Kier molecular flexibility index (Phi) is 3.70. The zero-order chi connectivity index (χ0) is 12.5. The Labute approximate surface area is 103 Å². The number of hydrogen-bond donors (Lipinski definition) is 0. The third kappa shape index (κ3) is 3.17. The molecule has 0 unspecified atom stereocenters. The summed E-state index contributed by atoms with van der Waals surface area (Å²) in [6, 6.07) is 2.81. The van der Waals surface area contributed by atoms with Crippen molar-refractivity contribution >= 4 is 21.8 Å². The third-order valence-corrected chi connectivity index (χ3v) is 5.31. The van der Waals surface area contributed by atoms with Crippen LogP contribution in [0.15, 0.2) is 18.2 Å². The van der Waals surface area contributed by atoms with Gasteiger partial charge in [-0.3, -0.25) is 0 Å². The molecule has 0 aromatic heterocycles. The summed E-state index contributed by atoms with van der Waals surface area (Å²) in [5, 5.41) is 0. The molecule has 1 aromatic rings. The van der Waals surface area contributed by atoms with Gasteiger partial charge in [0.15, 0.2) is 0 Å². The van der Waals surface area contributed by atoms with Gasteiger partial charge in [0.2, 0.25) is 10.0 Å². The average Bonchev–Trinajstić information content (AvgIpc) is 2.67. The summed E-state index contributed by atoms with van der Waals surface area (Å²) in [6.07, 6.45) is 0. The molecule has 1 heterocycles. The minimum Gasteiger partial charge on any atom is -0.212 e. The second-order valence-corrected chi connectivity index (χ2v) is 6.79. The van der Waals surface area contributed by atoms with E-state index >= 15 is 0 Å². The summed E-state index contributed by atoms with van der Waals surface area (Å²) in [4.78, 5) is 0. The molecule has 1 saturated heterocycles. The Bertz CT molecular complexity index is 493. The highest BCUT2D eigenvalue weighted by molar-refractivity contribution is 8.00. The van der Waals surface area contributed by atoms with Crippen molar-refractivity contribution in [2.24, 2.45) is 0 Å². The van der Waals surface area contributed by atoms with E-state index in [-0.39, 0.29) is 11.3 Å². The summed E-state index contributed by atoms with van der Waals surface area (Å²) in [6.45, 7) is 0.463. The second kappa shape index (κ2) is 4.91. The quantitative estimate of drug-likeness (QED) is 0.846. The normalized spacial score (nSPS) is 17.5. The van der Waals surface area contributed by atoms with Crippen LogP contribution in [0, 0.1) is 11.6 Å². The van der Waals surface area contributed by atoms with Crippen molar-refractivity contribution in [3.63, 3.8) is 0 Å². The van der Waals surface area contributed by atoms with Crippen molar-refractivity contribution in [3.8, 4) is 0 Å². The number of hydrogen-bond acceptors (Lipinski definition) is 3. The van der Waals surface area contributed by atoms with Gasteiger partial charge >= 0.3 is 0 Å². The van der Waals surface area contributed by atoms with Gasteiger partial charge < -0.3 is 0 Å². The molecule has 7 heteroatoms. The van der Waals surface area contributed by atoms with E-state index in [1.54, 1.807) is 0 Å². The van der Waals surface area contributed by atoms with Gasteiger partial charge in [-0.25, -0.2) is 17.2 Å². The summed E-state index contributed by atoms with van der Waals surface area (Å²) < 4.78 is 51.0. The largest absolute Gasteiger partial charge is 0.219 e. The Morgan fingerprint density at radius 3 is 2.41 bits per heavy atom. The predicted molar refractivity (Wildman–Crippen MR) is 63.0 cm³/mol. The van der Waals surface area contributed by atoms with Gasteiger partial charge in [0.1, 0.15) is 11.6 Å². The van der Waals surface area contributed by atoms with Crippen molar-refractivity contribution in [1.29, 1.82) is 0 Å². The molecular formula is C10H11F2NO2S2. The molecule has 0 N–H and O–H groups in total. The molecular weight excluding hydrogens is 268 g/mol. The molecule has 17 heavy (non-hydrogen) atoms. The molecule has 3 nitrogen and oxygen atoms in total. The van der Waals surface area contributed by atoms with Gasteiger partial charge in [-0.1, -0.05) is 0 Å². The summed E-state index contributed by atoms with van der Waals surface area (Å²) in [5.74, 6) is -0.698. The first-order valence-corrected chi connectivity index (χ1v) is 7.74. The minimum absolute atomic E-state index is 0.138. The van der Waals surface area contributed by atoms with Gasteiger partial charge in [-0.05, 0) is 17.7 Å². The fourth-order valence-corrected chi connectivity index (χ4v) is 4.55. The lowest BCUT2D eigenvalue weighted by Gasteiger charge is -2.14. The minimum atomic E-state index is -3.47. The van der Waals surface area contributed by atoms with Crippen LogP contribution in [0.25, 0.3) is 0 Å². The number of sulfonamides is 1. The molecule has 0 bridgehead atoms. The molecule has 1 aliphatic heterocycles. The lowest BCUT2D eigenvalue weighted by Crippen LogP contribution is -2.29. The van der Waals surface area contributed by atoms with Crippen LogP contribution in [-0.2, 0) is 15.8 Å². The Morgan fingerprint density at radius 2 is 1.88 bits per heavy atom. The maximum absolute atomic E-state index is 12.9. The first-order valence-electron chi connectivity index (χ1n) is 4.98. The van der Waals surface area contributed by atoms with Crippen LogP contribution in [-0.4, -0.2) is 30.9 Å².